The van der Waals surface area contributed by atoms with Gasteiger partial charge in [0.15, 0.2) is 0 Å². The van der Waals surface area contributed by atoms with Gasteiger partial charge in [-0.1, -0.05) is 12.1 Å². The zero-order valence-corrected chi connectivity index (χ0v) is 10.9. The van der Waals surface area contributed by atoms with Crippen LogP contribution in [0.2, 0.25) is 0 Å². The first-order chi connectivity index (χ1) is 8.63. The topological polar surface area (TPSA) is 61.0 Å². The monoisotopic (exact) mass is 243 g/mol. The molecule has 0 amide bonds. The van der Waals surface area contributed by atoms with Crippen LogP contribution in [-0.4, -0.2) is 16.6 Å². The lowest BCUT2D eigenvalue weighted by molar-refractivity contribution is 0.341. The number of aromatic nitrogens is 2. The molecule has 1 aromatic carbocycles. The van der Waals surface area contributed by atoms with Crippen LogP contribution in [0.1, 0.15) is 18.3 Å². The summed E-state index contributed by atoms with van der Waals surface area (Å²) in [5.74, 6) is 1.22. The minimum atomic E-state index is 0.435. The first kappa shape index (κ1) is 12.4. The molecular weight excluding hydrogens is 226 g/mol. The third-order valence-corrected chi connectivity index (χ3v) is 2.78. The van der Waals surface area contributed by atoms with Crippen molar-refractivity contribution < 1.29 is 4.74 Å². The van der Waals surface area contributed by atoms with Crippen molar-refractivity contribution in [2.75, 3.05) is 12.3 Å². The summed E-state index contributed by atoms with van der Waals surface area (Å²) in [7, 11) is 0. The van der Waals surface area contributed by atoms with Crippen LogP contribution in [0.3, 0.4) is 0 Å². The maximum atomic E-state index is 5.96. The van der Waals surface area contributed by atoms with Gasteiger partial charge in [-0.25, -0.2) is 9.97 Å². The van der Waals surface area contributed by atoms with E-state index in [1.54, 1.807) is 0 Å². The number of nitrogen functional groups attached to an aromatic ring is 1. The van der Waals surface area contributed by atoms with Crippen LogP contribution in [0.25, 0.3) is 11.3 Å². The van der Waals surface area contributed by atoms with Crippen molar-refractivity contribution in [1.82, 2.24) is 9.97 Å². The van der Waals surface area contributed by atoms with Crippen LogP contribution >= 0.6 is 0 Å². The quantitative estimate of drug-likeness (QED) is 0.900. The van der Waals surface area contributed by atoms with Crippen molar-refractivity contribution in [2.45, 2.75) is 20.8 Å². The molecule has 1 aromatic heterocycles. The molecule has 0 aliphatic rings. The molecule has 4 nitrogen and oxygen atoms in total. The second kappa shape index (κ2) is 5.04. The van der Waals surface area contributed by atoms with E-state index >= 15 is 0 Å². The van der Waals surface area contributed by atoms with Gasteiger partial charge in [0, 0.05) is 5.56 Å². The molecule has 0 spiro atoms. The van der Waals surface area contributed by atoms with E-state index < -0.39 is 0 Å². The average Bonchev–Trinajstić information content (AvgIpc) is 2.35. The Balaban J connectivity index is 2.58. The molecule has 0 saturated heterocycles. The third kappa shape index (κ3) is 2.27. The Morgan fingerprint density at radius 3 is 2.50 bits per heavy atom. The Labute approximate surface area is 107 Å². The van der Waals surface area contributed by atoms with Crippen molar-refractivity contribution in [3.63, 3.8) is 0 Å². The number of hydrogen-bond donors (Lipinski definition) is 1. The molecule has 1 heterocycles. The van der Waals surface area contributed by atoms with Gasteiger partial charge in [0.05, 0.1) is 18.0 Å². The number of anilines is 1. The zero-order valence-electron chi connectivity index (χ0n) is 10.9. The maximum Gasteiger partial charge on any atom is 0.150 e. The number of nitrogens with zero attached hydrogens (tertiary/aromatic N) is 2. The molecule has 94 valence electrons. The van der Waals surface area contributed by atoms with Gasteiger partial charge in [-0.15, -0.1) is 0 Å². The molecule has 0 saturated carbocycles. The summed E-state index contributed by atoms with van der Waals surface area (Å²) in [6, 6.07) is 7.72. The number of benzene rings is 1. The van der Waals surface area contributed by atoms with E-state index in [2.05, 4.69) is 9.97 Å². The number of nitrogens with two attached hydrogens (primary N) is 1. The molecule has 0 fully saturated rings. The molecule has 2 aromatic rings. The number of ether oxygens (including phenoxy) is 1. The van der Waals surface area contributed by atoms with Crippen molar-refractivity contribution >= 4 is 5.82 Å². The van der Waals surface area contributed by atoms with Gasteiger partial charge in [0.1, 0.15) is 17.3 Å². The Morgan fingerprint density at radius 2 is 1.78 bits per heavy atom. The summed E-state index contributed by atoms with van der Waals surface area (Å²) in [6.07, 6.45) is 0. The number of para-hydroxylation sites is 1. The molecule has 2 rings (SSSR count). The van der Waals surface area contributed by atoms with E-state index in [1.807, 2.05) is 45.0 Å². The van der Waals surface area contributed by atoms with Crippen molar-refractivity contribution in [3.05, 3.63) is 35.7 Å². The van der Waals surface area contributed by atoms with Crippen LogP contribution in [0, 0.1) is 13.8 Å². The van der Waals surface area contributed by atoms with Gasteiger partial charge in [0.25, 0.3) is 0 Å². The zero-order chi connectivity index (χ0) is 13.1. The second-order valence-electron chi connectivity index (χ2n) is 4.06. The smallest absolute Gasteiger partial charge is 0.150 e. The first-order valence-electron chi connectivity index (χ1n) is 5.96. The maximum absolute atomic E-state index is 5.96. The largest absolute Gasteiger partial charge is 0.493 e. The fourth-order valence-electron chi connectivity index (χ4n) is 1.76. The van der Waals surface area contributed by atoms with Crippen molar-refractivity contribution in [2.24, 2.45) is 0 Å². The summed E-state index contributed by atoms with van der Waals surface area (Å²) in [4.78, 5) is 8.83. The molecular formula is C14H17N3O. The number of hydrogen-bond acceptors (Lipinski definition) is 4. The van der Waals surface area contributed by atoms with Gasteiger partial charge < -0.3 is 10.5 Å². The highest BCUT2D eigenvalue weighted by Gasteiger charge is 2.12. The molecule has 18 heavy (non-hydrogen) atoms. The van der Waals surface area contributed by atoms with Crippen molar-refractivity contribution in [3.8, 4) is 17.0 Å². The Kier molecular flexibility index (Phi) is 3.46. The number of aryl methyl sites for hydroxylation is 2. The summed E-state index contributed by atoms with van der Waals surface area (Å²) in [5.41, 5.74) is 9.25. The molecule has 2 N–H and O–H groups in total. The van der Waals surface area contributed by atoms with Crippen LogP contribution in [0.4, 0.5) is 5.82 Å². The lowest BCUT2D eigenvalue weighted by Crippen LogP contribution is -2.03. The predicted octanol–water partition coefficient (Wildman–Crippen LogP) is 2.74. The minimum absolute atomic E-state index is 0.435. The minimum Gasteiger partial charge on any atom is -0.493 e. The highest BCUT2D eigenvalue weighted by atomic mass is 16.5. The number of rotatable bonds is 3. The molecule has 4 heteroatoms. The van der Waals surface area contributed by atoms with Crippen LogP contribution in [-0.2, 0) is 0 Å². The standard InChI is InChI=1S/C14H17N3O/c1-4-18-12-8-6-5-7-11(12)13-14(15)17-10(3)9(2)16-13/h5-8H,4H2,1-3H3,(H2,15,17). The van der Waals surface area contributed by atoms with Crippen LogP contribution < -0.4 is 10.5 Å². The van der Waals surface area contributed by atoms with Gasteiger partial charge >= 0.3 is 0 Å². The normalized spacial score (nSPS) is 10.4. The summed E-state index contributed by atoms with van der Waals surface area (Å²) < 4.78 is 5.59. The van der Waals surface area contributed by atoms with E-state index in [1.165, 1.54) is 0 Å². The lowest BCUT2D eigenvalue weighted by Gasteiger charge is -2.12. The van der Waals surface area contributed by atoms with E-state index in [9.17, 15) is 0 Å². The fraction of sp³-hybridized carbons (Fsp3) is 0.286. The lowest BCUT2D eigenvalue weighted by atomic mass is 10.1. The van der Waals surface area contributed by atoms with E-state index in [-0.39, 0.29) is 0 Å². The Morgan fingerprint density at radius 1 is 1.11 bits per heavy atom. The molecule has 0 radical (unpaired) electrons. The van der Waals surface area contributed by atoms with Gasteiger partial charge in [0.2, 0.25) is 0 Å². The molecule has 0 bridgehead atoms. The van der Waals surface area contributed by atoms with E-state index in [0.29, 0.717) is 18.1 Å². The molecule has 0 aliphatic carbocycles. The highest BCUT2D eigenvalue weighted by molar-refractivity contribution is 5.75. The van der Waals surface area contributed by atoms with Crippen LogP contribution in [0.5, 0.6) is 5.75 Å². The first-order valence-corrected chi connectivity index (χ1v) is 5.96. The Hall–Kier alpha value is -2.10. The summed E-state index contributed by atoms with van der Waals surface area (Å²) in [5, 5.41) is 0. The SMILES string of the molecule is CCOc1ccccc1-c1nc(C)c(C)nc1N. The van der Waals surface area contributed by atoms with Gasteiger partial charge in [-0.3, -0.25) is 0 Å². The fourth-order valence-corrected chi connectivity index (χ4v) is 1.76. The second-order valence-corrected chi connectivity index (χ2v) is 4.06. The van der Waals surface area contributed by atoms with Gasteiger partial charge in [-0.05, 0) is 32.9 Å². The third-order valence-electron chi connectivity index (χ3n) is 2.78. The van der Waals surface area contributed by atoms with Crippen molar-refractivity contribution in [1.29, 1.82) is 0 Å². The predicted molar refractivity (Wildman–Crippen MR) is 72.5 cm³/mol. The van der Waals surface area contributed by atoms with E-state index in [4.69, 9.17) is 10.5 Å². The van der Waals surface area contributed by atoms with Crippen LogP contribution in [0.15, 0.2) is 24.3 Å². The average molecular weight is 243 g/mol. The summed E-state index contributed by atoms with van der Waals surface area (Å²) >= 11 is 0. The Bertz CT molecular complexity index is 567. The molecule has 0 aliphatic heterocycles. The summed E-state index contributed by atoms with van der Waals surface area (Å²) in [6.45, 7) is 6.38. The molecule has 0 atom stereocenters. The highest BCUT2D eigenvalue weighted by Crippen LogP contribution is 2.31. The van der Waals surface area contributed by atoms with E-state index in [0.717, 1.165) is 22.7 Å². The molecule has 0 unspecified atom stereocenters. The van der Waals surface area contributed by atoms with Gasteiger partial charge in [-0.2, -0.15) is 0 Å².